The first-order valence-corrected chi connectivity index (χ1v) is 5.70. The molecule has 0 aromatic carbocycles. The Kier molecular flexibility index (Phi) is 3.56. The molecule has 1 aromatic heterocycles. The SMILES string of the molecule is CN(Cc1cn[nH]c1)C(=O)CCNC1CC1. The van der Waals surface area contributed by atoms with Crippen LogP contribution in [-0.4, -0.2) is 40.6 Å². The van der Waals surface area contributed by atoms with Crippen molar-refractivity contribution >= 4 is 5.91 Å². The molecule has 1 aliphatic carbocycles. The van der Waals surface area contributed by atoms with Crippen molar-refractivity contribution in [1.82, 2.24) is 20.4 Å². The lowest BCUT2D eigenvalue weighted by Crippen LogP contribution is -2.30. The largest absolute Gasteiger partial charge is 0.341 e. The molecule has 1 aliphatic rings. The molecule has 0 aliphatic heterocycles. The summed E-state index contributed by atoms with van der Waals surface area (Å²) in [4.78, 5) is 13.5. The van der Waals surface area contributed by atoms with Crippen LogP contribution in [0.2, 0.25) is 0 Å². The van der Waals surface area contributed by atoms with Crippen molar-refractivity contribution in [2.24, 2.45) is 0 Å². The van der Waals surface area contributed by atoms with Gasteiger partial charge in [-0.3, -0.25) is 9.89 Å². The lowest BCUT2D eigenvalue weighted by atomic mass is 10.3. The maximum Gasteiger partial charge on any atom is 0.223 e. The van der Waals surface area contributed by atoms with Crippen LogP contribution in [0.3, 0.4) is 0 Å². The van der Waals surface area contributed by atoms with Gasteiger partial charge in [-0.2, -0.15) is 5.10 Å². The van der Waals surface area contributed by atoms with E-state index >= 15 is 0 Å². The van der Waals surface area contributed by atoms with E-state index in [2.05, 4.69) is 15.5 Å². The van der Waals surface area contributed by atoms with Crippen LogP contribution in [0.15, 0.2) is 12.4 Å². The number of hydrogen-bond acceptors (Lipinski definition) is 3. The highest BCUT2D eigenvalue weighted by atomic mass is 16.2. The number of amides is 1. The Morgan fingerprint density at radius 3 is 3.12 bits per heavy atom. The Hall–Kier alpha value is -1.36. The zero-order chi connectivity index (χ0) is 11.4. The van der Waals surface area contributed by atoms with Crippen LogP contribution < -0.4 is 5.32 Å². The summed E-state index contributed by atoms with van der Waals surface area (Å²) in [5.41, 5.74) is 1.03. The summed E-state index contributed by atoms with van der Waals surface area (Å²) >= 11 is 0. The van der Waals surface area contributed by atoms with Crippen molar-refractivity contribution in [3.8, 4) is 0 Å². The number of nitrogens with zero attached hydrogens (tertiary/aromatic N) is 2. The number of rotatable bonds is 6. The molecule has 2 rings (SSSR count). The number of aromatic amines is 1. The third kappa shape index (κ3) is 3.34. The van der Waals surface area contributed by atoms with Crippen molar-refractivity contribution in [2.75, 3.05) is 13.6 Å². The summed E-state index contributed by atoms with van der Waals surface area (Å²) in [6.07, 6.45) is 6.65. The Balaban J connectivity index is 1.66. The molecule has 88 valence electrons. The van der Waals surface area contributed by atoms with Crippen molar-refractivity contribution in [1.29, 1.82) is 0 Å². The normalized spacial score (nSPS) is 15.1. The van der Waals surface area contributed by atoms with E-state index in [1.165, 1.54) is 12.8 Å². The summed E-state index contributed by atoms with van der Waals surface area (Å²) in [5.74, 6) is 0.175. The molecular weight excluding hydrogens is 204 g/mol. The molecule has 1 amide bonds. The van der Waals surface area contributed by atoms with E-state index < -0.39 is 0 Å². The van der Waals surface area contributed by atoms with Gasteiger partial charge in [0.1, 0.15) is 0 Å². The molecule has 1 heterocycles. The number of carbonyl (C=O) groups is 1. The second kappa shape index (κ2) is 5.12. The van der Waals surface area contributed by atoms with Gasteiger partial charge >= 0.3 is 0 Å². The van der Waals surface area contributed by atoms with Crippen LogP contribution in [0.5, 0.6) is 0 Å². The van der Waals surface area contributed by atoms with Crippen LogP contribution in [0.1, 0.15) is 24.8 Å². The van der Waals surface area contributed by atoms with Crippen LogP contribution in [-0.2, 0) is 11.3 Å². The predicted molar refractivity (Wildman–Crippen MR) is 60.7 cm³/mol. The standard InChI is InChI=1S/C11H18N4O/c1-15(8-9-6-13-14-7-9)11(16)4-5-12-10-2-3-10/h6-7,10,12H,2-5,8H2,1H3,(H,13,14). The second-order valence-corrected chi connectivity index (χ2v) is 4.33. The molecule has 1 fully saturated rings. The van der Waals surface area contributed by atoms with Crippen LogP contribution in [0.25, 0.3) is 0 Å². The van der Waals surface area contributed by atoms with E-state index in [-0.39, 0.29) is 5.91 Å². The molecule has 0 spiro atoms. The summed E-state index contributed by atoms with van der Waals surface area (Å²) in [5, 5.41) is 9.93. The quantitative estimate of drug-likeness (QED) is 0.737. The summed E-state index contributed by atoms with van der Waals surface area (Å²) in [6, 6.07) is 0.673. The van der Waals surface area contributed by atoms with E-state index in [0.717, 1.165) is 12.1 Å². The van der Waals surface area contributed by atoms with Crippen molar-refractivity contribution < 1.29 is 4.79 Å². The molecule has 0 saturated heterocycles. The fourth-order valence-corrected chi connectivity index (χ4v) is 1.59. The fourth-order valence-electron chi connectivity index (χ4n) is 1.59. The average molecular weight is 222 g/mol. The van der Waals surface area contributed by atoms with Gasteiger partial charge in [0, 0.05) is 44.4 Å². The van der Waals surface area contributed by atoms with Gasteiger partial charge in [0.25, 0.3) is 0 Å². The van der Waals surface area contributed by atoms with Gasteiger partial charge in [0.15, 0.2) is 0 Å². The zero-order valence-electron chi connectivity index (χ0n) is 9.57. The maximum atomic E-state index is 11.7. The van der Waals surface area contributed by atoms with Crippen LogP contribution in [0.4, 0.5) is 0 Å². The molecule has 0 unspecified atom stereocenters. The minimum Gasteiger partial charge on any atom is -0.341 e. The van der Waals surface area contributed by atoms with E-state index in [1.54, 1.807) is 11.1 Å². The molecular formula is C11H18N4O. The minimum absolute atomic E-state index is 0.175. The average Bonchev–Trinajstić information content (AvgIpc) is 2.95. The Bertz CT molecular complexity index is 332. The van der Waals surface area contributed by atoms with Gasteiger partial charge in [0.05, 0.1) is 6.20 Å². The molecule has 0 atom stereocenters. The van der Waals surface area contributed by atoms with Gasteiger partial charge in [-0.25, -0.2) is 0 Å². The third-order valence-electron chi connectivity index (χ3n) is 2.75. The maximum absolute atomic E-state index is 11.7. The van der Waals surface area contributed by atoms with E-state index in [0.29, 0.717) is 19.0 Å². The highest BCUT2D eigenvalue weighted by Crippen LogP contribution is 2.18. The summed E-state index contributed by atoms with van der Waals surface area (Å²) < 4.78 is 0. The number of carbonyl (C=O) groups excluding carboxylic acids is 1. The lowest BCUT2D eigenvalue weighted by molar-refractivity contribution is -0.130. The highest BCUT2D eigenvalue weighted by Gasteiger charge is 2.20. The van der Waals surface area contributed by atoms with E-state index in [9.17, 15) is 4.79 Å². The van der Waals surface area contributed by atoms with Gasteiger partial charge < -0.3 is 10.2 Å². The Morgan fingerprint density at radius 1 is 1.69 bits per heavy atom. The summed E-state index contributed by atoms with van der Waals surface area (Å²) in [6.45, 7) is 1.41. The molecule has 0 radical (unpaired) electrons. The molecule has 16 heavy (non-hydrogen) atoms. The third-order valence-corrected chi connectivity index (χ3v) is 2.75. The van der Waals surface area contributed by atoms with Crippen molar-refractivity contribution in [3.63, 3.8) is 0 Å². The molecule has 5 heteroatoms. The van der Waals surface area contributed by atoms with Gasteiger partial charge in [-0.1, -0.05) is 0 Å². The number of H-pyrrole nitrogens is 1. The van der Waals surface area contributed by atoms with Crippen LogP contribution >= 0.6 is 0 Å². The second-order valence-electron chi connectivity index (χ2n) is 4.33. The first-order valence-electron chi connectivity index (χ1n) is 5.70. The fraction of sp³-hybridized carbons (Fsp3) is 0.636. The molecule has 1 saturated carbocycles. The number of aromatic nitrogens is 2. The number of hydrogen-bond donors (Lipinski definition) is 2. The van der Waals surface area contributed by atoms with E-state index in [4.69, 9.17) is 0 Å². The van der Waals surface area contributed by atoms with Gasteiger partial charge in [-0.05, 0) is 12.8 Å². The molecule has 5 nitrogen and oxygen atoms in total. The minimum atomic E-state index is 0.175. The zero-order valence-corrected chi connectivity index (χ0v) is 9.57. The van der Waals surface area contributed by atoms with Crippen molar-refractivity contribution in [2.45, 2.75) is 31.8 Å². The first kappa shape index (κ1) is 11.1. The first-order chi connectivity index (χ1) is 7.75. The van der Waals surface area contributed by atoms with Crippen molar-refractivity contribution in [3.05, 3.63) is 18.0 Å². The van der Waals surface area contributed by atoms with Gasteiger partial charge in [-0.15, -0.1) is 0 Å². The van der Waals surface area contributed by atoms with E-state index in [1.807, 2.05) is 13.2 Å². The monoisotopic (exact) mass is 222 g/mol. The highest BCUT2D eigenvalue weighted by molar-refractivity contribution is 5.76. The predicted octanol–water partition coefficient (Wildman–Crippen LogP) is 0.510. The smallest absolute Gasteiger partial charge is 0.223 e. The topological polar surface area (TPSA) is 61.0 Å². The van der Waals surface area contributed by atoms with Crippen LogP contribution in [0, 0.1) is 0 Å². The summed E-state index contributed by atoms with van der Waals surface area (Å²) in [7, 11) is 1.83. The Labute approximate surface area is 95.2 Å². The lowest BCUT2D eigenvalue weighted by Gasteiger charge is -2.16. The Morgan fingerprint density at radius 2 is 2.50 bits per heavy atom. The van der Waals surface area contributed by atoms with Gasteiger partial charge in [0.2, 0.25) is 5.91 Å². The number of nitrogens with one attached hydrogen (secondary N) is 2. The molecule has 1 aromatic rings. The molecule has 2 N–H and O–H groups in total. The molecule has 0 bridgehead atoms.